The first kappa shape index (κ1) is 9.28. The van der Waals surface area contributed by atoms with Gasteiger partial charge in [0.25, 0.3) is 0 Å². The summed E-state index contributed by atoms with van der Waals surface area (Å²) < 4.78 is 8.92. The van der Waals surface area contributed by atoms with Crippen molar-refractivity contribution in [3.8, 4) is 0 Å². The predicted octanol–water partition coefficient (Wildman–Crippen LogP) is -1.16. The zero-order chi connectivity index (χ0) is 8.48. The van der Waals surface area contributed by atoms with Crippen molar-refractivity contribution in [2.24, 2.45) is 0 Å². The van der Waals surface area contributed by atoms with Crippen molar-refractivity contribution < 1.29 is 29.0 Å². The number of rotatable bonds is 2. The van der Waals surface area contributed by atoms with Crippen molar-refractivity contribution in [1.29, 1.82) is 0 Å². The summed E-state index contributed by atoms with van der Waals surface area (Å²) in [6.07, 6.45) is -1.12. The summed E-state index contributed by atoms with van der Waals surface area (Å²) in [6, 6.07) is 0. The van der Waals surface area contributed by atoms with Crippen LogP contribution in [0.15, 0.2) is 0 Å². The van der Waals surface area contributed by atoms with Gasteiger partial charge in [-0.3, -0.25) is 0 Å². The minimum absolute atomic E-state index is 0.345. The summed E-state index contributed by atoms with van der Waals surface area (Å²) in [5, 5.41) is 8.76. The Hall–Kier alpha value is 0.190. The first-order chi connectivity index (χ1) is 4.97. The average molecular weight is 186 g/mol. The van der Waals surface area contributed by atoms with Gasteiger partial charge in [0.2, 0.25) is 0 Å². The Labute approximate surface area is 63.7 Å². The summed E-state index contributed by atoms with van der Waals surface area (Å²) in [6.45, 7) is 0. The van der Waals surface area contributed by atoms with Gasteiger partial charge in [0.15, 0.2) is 0 Å². The van der Waals surface area contributed by atoms with E-state index in [9.17, 15) is 0 Å². The Kier molecular flexibility index (Phi) is 2.77. The van der Waals surface area contributed by atoms with Crippen LogP contribution >= 0.6 is 8.17 Å². The first-order valence-electron chi connectivity index (χ1n) is 3.16. The molecule has 1 rings (SSSR count). The van der Waals surface area contributed by atoms with Gasteiger partial charge in [-0.05, 0) is 0 Å². The Balaban J connectivity index is 2.29. The van der Waals surface area contributed by atoms with Crippen molar-refractivity contribution in [2.75, 3.05) is 0 Å². The number of hydrogen-bond acceptors (Lipinski definition) is 6. The Morgan fingerprint density at radius 2 is 1.91 bits per heavy atom. The van der Waals surface area contributed by atoms with Gasteiger partial charge < -0.3 is 0 Å². The van der Waals surface area contributed by atoms with E-state index >= 15 is 0 Å². The molecule has 1 fully saturated rings. The molecule has 11 heavy (non-hydrogen) atoms. The van der Waals surface area contributed by atoms with Crippen molar-refractivity contribution in [3.63, 3.8) is 0 Å². The van der Waals surface area contributed by atoms with E-state index in [1.54, 1.807) is 0 Å². The minimum atomic E-state index is -4.49. The molecule has 68 valence electrons. The van der Waals surface area contributed by atoms with Gasteiger partial charge in [0.1, 0.15) is 0 Å². The molecule has 6 nitrogen and oxygen atoms in total. The van der Waals surface area contributed by atoms with Crippen LogP contribution in [0.4, 0.5) is 0 Å². The molecule has 1 unspecified atom stereocenters. The van der Waals surface area contributed by atoms with E-state index in [4.69, 9.17) is 19.8 Å². The zero-order valence-corrected chi connectivity index (χ0v) is 6.67. The van der Waals surface area contributed by atoms with E-state index in [-0.39, 0.29) is 0 Å². The summed E-state index contributed by atoms with van der Waals surface area (Å²) in [4.78, 5) is 25.3. The van der Waals surface area contributed by atoms with Crippen molar-refractivity contribution in [3.05, 3.63) is 0 Å². The Morgan fingerprint density at radius 1 is 1.27 bits per heavy atom. The fourth-order valence-electron chi connectivity index (χ4n) is 0.853. The molecule has 4 N–H and O–H groups in total. The average Bonchev–Trinajstić information content (AvgIpc) is 2.10. The van der Waals surface area contributed by atoms with E-state index in [0.717, 1.165) is 0 Å². The van der Waals surface area contributed by atoms with Crippen molar-refractivity contribution in [2.45, 2.75) is 25.4 Å². The second-order valence-electron chi connectivity index (χ2n) is 2.29. The Bertz CT molecular complexity index is 133. The molecule has 0 aromatic carbocycles. The molecule has 1 aliphatic rings. The molecule has 0 radical (unpaired) electrons. The van der Waals surface area contributed by atoms with Gasteiger partial charge in [-0.25, -0.2) is 0 Å². The standard InChI is InChI=1S/C4H11O6P/c5-3-1-2-4(9-3)10-11(6,7)8/h3-8,11H,1-2H2/t3?,4-/m1/s1. The molecule has 0 aromatic rings. The summed E-state index contributed by atoms with van der Waals surface area (Å²) in [7, 11) is -4.49. The van der Waals surface area contributed by atoms with Gasteiger partial charge in [0, 0.05) is 0 Å². The monoisotopic (exact) mass is 186 g/mol. The van der Waals surface area contributed by atoms with E-state index in [2.05, 4.69) is 9.26 Å². The molecule has 0 aliphatic carbocycles. The van der Waals surface area contributed by atoms with Crippen LogP contribution in [-0.2, 0) is 9.26 Å². The van der Waals surface area contributed by atoms with Gasteiger partial charge in [-0.15, -0.1) is 0 Å². The molecule has 0 amide bonds. The third-order valence-electron chi connectivity index (χ3n) is 1.25. The van der Waals surface area contributed by atoms with Gasteiger partial charge in [-0.1, -0.05) is 0 Å². The molecule has 2 atom stereocenters. The number of ether oxygens (including phenoxy) is 1. The predicted molar refractivity (Wildman–Crippen MR) is 36.2 cm³/mol. The molecule has 0 spiro atoms. The number of hydrogen-bond donors (Lipinski definition) is 4. The van der Waals surface area contributed by atoms with Gasteiger partial charge >= 0.3 is 62.6 Å². The topological polar surface area (TPSA) is 99.4 Å². The third kappa shape index (κ3) is 3.39. The zero-order valence-electron chi connectivity index (χ0n) is 5.67. The third-order valence-corrected chi connectivity index (χ3v) is 1.83. The molecule has 1 heterocycles. The Morgan fingerprint density at radius 3 is 2.27 bits per heavy atom. The van der Waals surface area contributed by atoms with Gasteiger partial charge in [0.05, 0.1) is 0 Å². The fraction of sp³-hybridized carbons (Fsp3) is 1.00. The second-order valence-corrected chi connectivity index (χ2v) is 3.67. The molecule has 0 aromatic heterocycles. The van der Waals surface area contributed by atoms with Crippen LogP contribution in [0.2, 0.25) is 0 Å². The quantitative estimate of drug-likeness (QED) is 0.406. The van der Waals surface area contributed by atoms with E-state index in [1.165, 1.54) is 0 Å². The maximum atomic E-state index is 8.76. The van der Waals surface area contributed by atoms with Gasteiger partial charge in [-0.2, -0.15) is 0 Å². The van der Waals surface area contributed by atoms with Crippen LogP contribution in [0, 0.1) is 0 Å². The second kappa shape index (κ2) is 3.28. The molecule has 0 saturated carbocycles. The fourth-order valence-corrected chi connectivity index (χ4v) is 1.38. The van der Waals surface area contributed by atoms with Crippen LogP contribution in [0.25, 0.3) is 0 Å². The molecule has 0 bridgehead atoms. The van der Waals surface area contributed by atoms with Crippen molar-refractivity contribution >= 4 is 8.17 Å². The normalized spacial score (nSPS) is 34.2. The molecule has 1 saturated heterocycles. The molecule has 1 aliphatic heterocycles. The number of aliphatic hydroxyl groups excluding tert-OH is 1. The summed E-state index contributed by atoms with van der Waals surface area (Å²) in [5.74, 6) is 0. The SMILES string of the molecule is OC1CC[C@@H](O[PH](O)(O)O)O1. The summed E-state index contributed by atoms with van der Waals surface area (Å²) in [5.41, 5.74) is 0. The molecular formula is C4H11O6P. The van der Waals surface area contributed by atoms with E-state index in [0.29, 0.717) is 12.8 Å². The van der Waals surface area contributed by atoms with Crippen LogP contribution < -0.4 is 0 Å². The van der Waals surface area contributed by atoms with Crippen LogP contribution in [0.1, 0.15) is 12.8 Å². The molecular weight excluding hydrogens is 175 g/mol. The summed E-state index contributed by atoms with van der Waals surface area (Å²) >= 11 is 0. The maximum absolute atomic E-state index is 8.76. The first-order valence-corrected chi connectivity index (χ1v) is 4.91. The molecule has 7 heteroatoms. The van der Waals surface area contributed by atoms with E-state index in [1.807, 2.05) is 0 Å². The van der Waals surface area contributed by atoms with Crippen LogP contribution in [0.3, 0.4) is 0 Å². The number of aliphatic hydroxyl groups is 1. The van der Waals surface area contributed by atoms with Crippen molar-refractivity contribution in [1.82, 2.24) is 0 Å². The van der Waals surface area contributed by atoms with E-state index < -0.39 is 20.8 Å². The van der Waals surface area contributed by atoms with Crippen LogP contribution in [0.5, 0.6) is 0 Å². The van der Waals surface area contributed by atoms with Crippen LogP contribution in [-0.4, -0.2) is 32.4 Å².